The van der Waals surface area contributed by atoms with Gasteiger partial charge in [-0.3, -0.25) is 4.79 Å². The number of hydrogen-bond acceptors (Lipinski definition) is 4. The largest absolute Gasteiger partial charge is 0.451 e. The maximum atomic E-state index is 13.2. The Morgan fingerprint density at radius 3 is 2.50 bits per heavy atom. The molecule has 1 aliphatic rings. The summed E-state index contributed by atoms with van der Waals surface area (Å²) in [5, 5.41) is 4.39. The Balaban J connectivity index is 1.76. The first kappa shape index (κ1) is 19.5. The van der Waals surface area contributed by atoms with Crippen LogP contribution in [0.2, 0.25) is 0 Å². The molecule has 1 aromatic heterocycles. The molecule has 0 saturated heterocycles. The average Bonchev–Trinajstić information content (AvgIpc) is 3.29. The summed E-state index contributed by atoms with van der Waals surface area (Å²) in [4.78, 5) is 26.3. The predicted molar refractivity (Wildman–Crippen MR) is 103 cm³/mol. The number of fused-ring (bicyclic) bond motifs is 1. The van der Waals surface area contributed by atoms with Gasteiger partial charge in [-0.05, 0) is 43.5 Å². The van der Waals surface area contributed by atoms with Crippen LogP contribution >= 0.6 is 0 Å². The number of esters is 1. The number of carbonyl (C=O) groups excluding carboxylic acids is 2. The Hall–Kier alpha value is -3.22. The third kappa shape index (κ3) is 4.03. The highest BCUT2D eigenvalue weighted by Gasteiger charge is 2.28. The van der Waals surface area contributed by atoms with Gasteiger partial charge in [0, 0.05) is 24.3 Å². The molecule has 0 saturated carbocycles. The molecule has 28 heavy (non-hydrogen) atoms. The number of nitrogens with zero attached hydrogens (tertiary/aromatic N) is 3. The van der Waals surface area contributed by atoms with Gasteiger partial charge >= 0.3 is 5.97 Å². The van der Waals surface area contributed by atoms with E-state index in [0.717, 1.165) is 24.1 Å². The molecule has 2 aromatic rings. The number of hydrogen-bond donors (Lipinski definition) is 0. The number of benzene rings is 1. The predicted octanol–water partition coefficient (Wildman–Crippen LogP) is 2.86. The quantitative estimate of drug-likeness (QED) is 0.519. The van der Waals surface area contributed by atoms with Crippen LogP contribution < -0.4 is 0 Å². The van der Waals surface area contributed by atoms with Crippen LogP contribution in [0, 0.1) is 5.82 Å². The number of amides is 1. The molecule has 0 spiro atoms. The molecule has 0 aliphatic heterocycles. The normalized spacial score (nSPS) is 12.3. The fourth-order valence-electron chi connectivity index (χ4n) is 3.27. The number of carbonyl (C=O) groups is 2. The fourth-order valence-corrected chi connectivity index (χ4v) is 3.27. The molecule has 3 rings (SSSR count). The number of rotatable bonds is 8. The minimum absolute atomic E-state index is 0.212. The van der Waals surface area contributed by atoms with Crippen LogP contribution in [0.25, 0.3) is 5.69 Å². The van der Waals surface area contributed by atoms with E-state index >= 15 is 0 Å². The van der Waals surface area contributed by atoms with Crippen molar-refractivity contribution in [2.45, 2.75) is 19.3 Å². The SMILES string of the molecule is C=CCN(CC=C)C(=O)COC(=O)c1nn(-c2ccc(F)cc2)c2c1CCC2. The molecule has 146 valence electrons. The molecular weight excluding hydrogens is 361 g/mol. The highest BCUT2D eigenvalue weighted by molar-refractivity contribution is 5.91. The standard InChI is InChI=1S/C21H22FN3O3/c1-3-12-24(13-4-2)19(26)14-28-21(27)20-17-6-5-7-18(17)25(23-20)16-10-8-15(22)9-11-16/h3-4,8-11H,1-2,5-7,12-14H2. The van der Waals surface area contributed by atoms with Crippen LogP contribution in [-0.4, -0.2) is 46.3 Å². The highest BCUT2D eigenvalue weighted by Crippen LogP contribution is 2.28. The van der Waals surface area contributed by atoms with E-state index in [-0.39, 0.29) is 24.0 Å². The Kier molecular flexibility index (Phi) is 6.03. The van der Waals surface area contributed by atoms with Gasteiger partial charge in [-0.15, -0.1) is 13.2 Å². The molecule has 1 aliphatic carbocycles. The molecule has 1 amide bonds. The Morgan fingerprint density at radius 1 is 1.18 bits per heavy atom. The first-order chi connectivity index (χ1) is 13.5. The van der Waals surface area contributed by atoms with E-state index in [1.54, 1.807) is 29.0 Å². The van der Waals surface area contributed by atoms with Crippen molar-refractivity contribution in [1.29, 1.82) is 0 Å². The molecule has 1 aromatic carbocycles. The lowest BCUT2D eigenvalue weighted by atomic mass is 10.2. The zero-order valence-electron chi connectivity index (χ0n) is 15.6. The molecular formula is C21H22FN3O3. The van der Waals surface area contributed by atoms with Gasteiger partial charge in [0.25, 0.3) is 5.91 Å². The molecule has 0 N–H and O–H groups in total. The summed E-state index contributed by atoms with van der Waals surface area (Å²) in [7, 11) is 0. The third-order valence-corrected chi connectivity index (χ3v) is 4.57. The van der Waals surface area contributed by atoms with Crippen LogP contribution in [0.3, 0.4) is 0 Å². The summed E-state index contributed by atoms with van der Waals surface area (Å²) < 4.78 is 20.1. The molecule has 0 atom stereocenters. The van der Waals surface area contributed by atoms with Gasteiger partial charge in [0.1, 0.15) is 5.82 Å². The third-order valence-electron chi connectivity index (χ3n) is 4.57. The van der Waals surface area contributed by atoms with Crippen molar-refractivity contribution in [2.75, 3.05) is 19.7 Å². The summed E-state index contributed by atoms with van der Waals surface area (Å²) in [5.74, 6) is -1.30. The minimum Gasteiger partial charge on any atom is -0.451 e. The van der Waals surface area contributed by atoms with E-state index in [0.29, 0.717) is 25.2 Å². The minimum atomic E-state index is -0.635. The molecule has 6 nitrogen and oxygen atoms in total. The van der Waals surface area contributed by atoms with E-state index in [9.17, 15) is 14.0 Å². The lowest BCUT2D eigenvalue weighted by Crippen LogP contribution is -2.35. The van der Waals surface area contributed by atoms with Crippen LogP contribution in [0.5, 0.6) is 0 Å². The lowest BCUT2D eigenvalue weighted by Gasteiger charge is -2.18. The van der Waals surface area contributed by atoms with Gasteiger partial charge in [-0.1, -0.05) is 12.2 Å². The smallest absolute Gasteiger partial charge is 0.359 e. The summed E-state index contributed by atoms with van der Waals surface area (Å²) in [6.45, 7) is 7.54. The Bertz CT molecular complexity index is 892. The molecule has 7 heteroatoms. The number of ether oxygens (including phenoxy) is 1. The number of halogens is 1. The van der Waals surface area contributed by atoms with Crippen LogP contribution in [-0.2, 0) is 22.4 Å². The van der Waals surface area contributed by atoms with Crippen molar-refractivity contribution in [3.8, 4) is 5.69 Å². The van der Waals surface area contributed by atoms with Crippen molar-refractivity contribution >= 4 is 11.9 Å². The Morgan fingerprint density at radius 2 is 1.86 bits per heavy atom. The van der Waals surface area contributed by atoms with Gasteiger partial charge in [-0.25, -0.2) is 13.9 Å². The van der Waals surface area contributed by atoms with Crippen molar-refractivity contribution in [3.05, 3.63) is 72.3 Å². The second-order valence-corrected chi connectivity index (χ2v) is 6.47. The molecule has 1 heterocycles. The topological polar surface area (TPSA) is 64.4 Å². The Labute approximate surface area is 162 Å². The summed E-state index contributed by atoms with van der Waals surface area (Å²) in [6.07, 6.45) is 5.59. The van der Waals surface area contributed by atoms with Gasteiger partial charge in [0.2, 0.25) is 0 Å². The van der Waals surface area contributed by atoms with E-state index in [4.69, 9.17) is 4.74 Å². The van der Waals surface area contributed by atoms with Crippen molar-refractivity contribution in [1.82, 2.24) is 14.7 Å². The zero-order chi connectivity index (χ0) is 20.1. The van der Waals surface area contributed by atoms with E-state index in [2.05, 4.69) is 18.3 Å². The fraction of sp³-hybridized carbons (Fsp3) is 0.286. The van der Waals surface area contributed by atoms with Gasteiger partial charge in [0.05, 0.1) is 5.69 Å². The molecule has 0 fully saturated rings. The van der Waals surface area contributed by atoms with Crippen molar-refractivity contribution in [3.63, 3.8) is 0 Å². The second kappa shape index (κ2) is 8.65. The van der Waals surface area contributed by atoms with Gasteiger partial charge < -0.3 is 9.64 Å². The highest BCUT2D eigenvalue weighted by atomic mass is 19.1. The monoisotopic (exact) mass is 383 g/mol. The van der Waals surface area contributed by atoms with Gasteiger partial charge in [-0.2, -0.15) is 5.10 Å². The molecule has 0 unspecified atom stereocenters. The zero-order valence-corrected chi connectivity index (χ0v) is 15.6. The summed E-state index contributed by atoms with van der Waals surface area (Å²) >= 11 is 0. The second-order valence-electron chi connectivity index (χ2n) is 6.47. The molecule has 0 bridgehead atoms. The van der Waals surface area contributed by atoms with Crippen molar-refractivity contribution in [2.24, 2.45) is 0 Å². The maximum absolute atomic E-state index is 13.2. The number of aromatic nitrogens is 2. The van der Waals surface area contributed by atoms with Crippen LogP contribution in [0.15, 0.2) is 49.6 Å². The van der Waals surface area contributed by atoms with E-state index in [1.165, 1.54) is 17.0 Å². The lowest BCUT2D eigenvalue weighted by molar-refractivity contribution is -0.133. The van der Waals surface area contributed by atoms with Gasteiger partial charge in [0.15, 0.2) is 12.3 Å². The maximum Gasteiger partial charge on any atom is 0.359 e. The van der Waals surface area contributed by atoms with E-state index in [1.807, 2.05) is 0 Å². The summed E-state index contributed by atoms with van der Waals surface area (Å²) in [6, 6.07) is 5.93. The van der Waals surface area contributed by atoms with Crippen molar-refractivity contribution < 1.29 is 18.7 Å². The first-order valence-corrected chi connectivity index (χ1v) is 9.08. The summed E-state index contributed by atoms with van der Waals surface area (Å²) in [5.41, 5.74) is 2.64. The van der Waals surface area contributed by atoms with Crippen LogP contribution in [0.1, 0.15) is 28.2 Å². The first-order valence-electron chi connectivity index (χ1n) is 9.08. The average molecular weight is 383 g/mol. The molecule has 0 radical (unpaired) electrons. The van der Waals surface area contributed by atoms with Crippen LogP contribution in [0.4, 0.5) is 4.39 Å². The van der Waals surface area contributed by atoms with E-state index < -0.39 is 5.97 Å².